The topological polar surface area (TPSA) is 80.6 Å². The van der Waals surface area contributed by atoms with Crippen molar-refractivity contribution in [1.82, 2.24) is 9.38 Å². The third-order valence-electron chi connectivity index (χ3n) is 3.03. The van der Waals surface area contributed by atoms with Crippen molar-refractivity contribution >= 4 is 17.4 Å². The van der Waals surface area contributed by atoms with Crippen LogP contribution >= 0.6 is 0 Å². The maximum absolute atomic E-state index is 12.9. The van der Waals surface area contributed by atoms with E-state index in [1.165, 1.54) is 24.3 Å². The van der Waals surface area contributed by atoms with Crippen LogP contribution in [0.5, 0.6) is 0 Å². The summed E-state index contributed by atoms with van der Waals surface area (Å²) in [6, 6.07) is 8.67. The zero-order valence-corrected chi connectivity index (χ0v) is 10.2. The highest BCUT2D eigenvalue weighted by Gasteiger charge is 2.13. The summed E-state index contributed by atoms with van der Waals surface area (Å²) < 4.78 is 14.5. The van der Waals surface area contributed by atoms with Crippen molar-refractivity contribution in [2.45, 2.75) is 0 Å². The SMILES string of the molecule is Nc1c(-c2ccc(F)cc2)nc2cc(C(=O)O)ccn12. The molecule has 3 aromatic rings. The third-order valence-corrected chi connectivity index (χ3v) is 3.03. The minimum absolute atomic E-state index is 0.133. The molecule has 0 spiro atoms. The third kappa shape index (κ3) is 1.87. The largest absolute Gasteiger partial charge is 0.478 e. The van der Waals surface area contributed by atoms with E-state index in [0.29, 0.717) is 22.7 Å². The van der Waals surface area contributed by atoms with Crippen molar-refractivity contribution < 1.29 is 14.3 Å². The Balaban J connectivity index is 2.19. The standard InChI is InChI=1S/C14H10FN3O2/c15-10-3-1-8(2-4-10)12-13(16)18-6-5-9(14(19)20)7-11(18)17-12/h1-7H,16H2,(H,19,20). The van der Waals surface area contributed by atoms with Gasteiger partial charge < -0.3 is 10.8 Å². The summed E-state index contributed by atoms with van der Waals surface area (Å²) in [4.78, 5) is 15.2. The number of rotatable bonds is 2. The number of pyridine rings is 1. The quantitative estimate of drug-likeness (QED) is 0.750. The highest BCUT2D eigenvalue weighted by molar-refractivity contribution is 5.89. The van der Waals surface area contributed by atoms with Crippen LogP contribution in [0.3, 0.4) is 0 Å². The molecule has 2 heterocycles. The number of hydrogen-bond donors (Lipinski definition) is 2. The maximum atomic E-state index is 12.9. The molecule has 0 aliphatic heterocycles. The number of fused-ring (bicyclic) bond motifs is 1. The van der Waals surface area contributed by atoms with Gasteiger partial charge in [-0.3, -0.25) is 4.40 Å². The van der Waals surface area contributed by atoms with Gasteiger partial charge in [-0.25, -0.2) is 14.2 Å². The molecule has 100 valence electrons. The van der Waals surface area contributed by atoms with Crippen LogP contribution in [0, 0.1) is 5.82 Å². The molecule has 0 fully saturated rings. The number of aromatic nitrogens is 2. The number of halogens is 1. The number of hydrogen-bond acceptors (Lipinski definition) is 3. The number of nitrogens with zero attached hydrogens (tertiary/aromatic N) is 2. The van der Waals surface area contributed by atoms with E-state index in [1.807, 2.05) is 0 Å². The number of carboxylic acid groups (broad SMARTS) is 1. The first-order valence-electron chi connectivity index (χ1n) is 5.83. The van der Waals surface area contributed by atoms with Gasteiger partial charge in [0.25, 0.3) is 0 Å². The summed E-state index contributed by atoms with van der Waals surface area (Å²) >= 11 is 0. The van der Waals surface area contributed by atoms with Crippen LogP contribution in [0.25, 0.3) is 16.9 Å². The number of nitrogen functional groups attached to an aromatic ring is 1. The second-order valence-electron chi connectivity index (χ2n) is 4.30. The fourth-order valence-corrected chi connectivity index (χ4v) is 2.02. The van der Waals surface area contributed by atoms with Gasteiger partial charge in [0.05, 0.1) is 5.56 Å². The van der Waals surface area contributed by atoms with E-state index in [4.69, 9.17) is 10.8 Å². The number of benzene rings is 1. The molecule has 1 aromatic carbocycles. The Bertz CT molecular complexity index is 809. The number of carboxylic acids is 1. The molecule has 0 atom stereocenters. The van der Waals surface area contributed by atoms with E-state index in [2.05, 4.69) is 4.98 Å². The van der Waals surface area contributed by atoms with Crippen molar-refractivity contribution in [3.8, 4) is 11.3 Å². The number of carbonyl (C=O) groups is 1. The van der Waals surface area contributed by atoms with Gasteiger partial charge in [-0.05, 0) is 36.4 Å². The first-order chi connectivity index (χ1) is 9.56. The molecule has 3 rings (SSSR count). The van der Waals surface area contributed by atoms with Gasteiger partial charge in [-0.1, -0.05) is 0 Å². The van der Waals surface area contributed by atoms with Crippen molar-refractivity contribution in [3.05, 3.63) is 54.0 Å². The van der Waals surface area contributed by atoms with Crippen LogP contribution in [-0.4, -0.2) is 20.5 Å². The molecule has 0 unspecified atom stereocenters. The average molecular weight is 271 g/mol. The summed E-state index contributed by atoms with van der Waals surface area (Å²) in [6.07, 6.45) is 1.55. The molecule has 0 bridgehead atoms. The number of nitrogens with two attached hydrogens (primary N) is 1. The zero-order chi connectivity index (χ0) is 14.3. The minimum Gasteiger partial charge on any atom is -0.478 e. The van der Waals surface area contributed by atoms with Crippen LogP contribution in [0.4, 0.5) is 10.2 Å². The lowest BCUT2D eigenvalue weighted by Crippen LogP contribution is -1.99. The van der Waals surface area contributed by atoms with Gasteiger partial charge in [-0.2, -0.15) is 0 Å². The van der Waals surface area contributed by atoms with E-state index in [-0.39, 0.29) is 11.4 Å². The number of aromatic carboxylic acids is 1. The summed E-state index contributed by atoms with van der Waals surface area (Å²) in [5.41, 5.74) is 7.72. The van der Waals surface area contributed by atoms with E-state index >= 15 is 0 Å². The monoisotopic (exact) mass is 271 g/mol. The molecule has 0 amide bonds. The zero-order valence-electron chi connectivity index (χ0n) is 10.2. The predicted molar refractivity (Wildman–Crippen MR) is 72.0 cm³/mol. The molecule has 0 radical (unpaired) electrons. The van der Waals surface area contributed by atoms with Gasteiger partial charge >= 0.3 is 5.97 Å². The van der Waals surface area contributed by atoms with E-state index in [9.17, 15) is 9.18 Å². The molecule has 3 N–H and O–H groups in total. The van der Waals surface area contributed by atoms with Crippen molar-refractivity contribution in [3.63, 3.8) is 0 Å². The van der Waals surface area contributed by atoms with E-state index < -0.39 is 5.97 Å². The Hall–Kier alpha value is -2.89. The smallest absolute Gasteiger partial charge is 0.335 e. The van der Waals surface area contributed by atoms with Crippen molar-refractivity contribution in [1.29, 1.82) is 0 Å². The summed E-state index contributed by atoms with van der Waals surface area (Å²) in [7, 11) is 0. The summed E-state index contributed by atoms with van der Waals surface area (Å²) in [5, 5.41) is 8.96. The lowest BCUT2D eigenvalue weighted by molar-refractivity contribution is 0.0697. The van der Waals surface area contributed by atoms with Crippen molar-refractivity contribution in [2.24, 2.45) is 0 Å². The van der Waals surface area contributed by atoms with Crippen LogP contribution in [0.2, 0.25) is 0 Å². The van der Waals surface area contributed by atoms with E-state index in [0.717, 1.165) is 0 Å². The summed E-state index contributed by atoms with van der Waals surface area (Å²) in [6.45, 7) is 0. The maximum Gasteiger partial charge on any atom is 0.335 e. The first-order valence-corrected chi connectivity index (χ1v) is 5.83. The Morgan fingerprint density at radius 2 is 1.95 bits per heavy atom. The Morgan fingerprint density at radius 3 is 2.60 bits per heavy atom. The van der Waals surface area contributed by atoms with Gasteiger partial charge in [0, 0.05) is 11.8 Å². The molecule has 0 aliphatic carbocycles. The normalized spacial score (nSPS) is 10.8. The molecule has 0 saturated heterocycles. The Kier molecular flexibility index (Phi) is 2.64. The van der Waals surface area contributed by atoms with Crippen LogP contribution < -0.4 is 5.73 Å². The van der Waals surface area contributed by atoms with E-state index in [1.54, 1.807) is 22.7 Å². The fourth-order valence-electron chi connectivity index (χ4n) is 2.02. The highest BCUT2D eigenvalue weighted by atomic mass is 19.1. The molecule has 2 aromatic heterocycles. The lowest BCUT2D eigenvalue weighted by atomic mass is 10.1. The van der Waals surface area contributed by atoms with Gasteiger partial charge in [0.1, 0.15) is 23.0 Å². The molecule has 6 heteroatoms. The van der Waals surface area contributed by atoms with Gasteiger partial charge in [-0.15, -0.1) is 0 Å². The lowest BCUT2D eigenvalue weighted by Gasteiger charge is -1.99. The number of imidazole rings is 1. The van der Waals surface area contributed by atoms with Crippen LogP contribution in [0.1, 0.15) is 10.4 Å². The first kappa shape index (κ1) is 12.2. The van der Waals surface area contributed by atoms with Crippen LogP contribution in [-0.2, 0) is 0 Å². The Morgan fingerprint density at radius 1 is 1.25 bits per heavy atom. The molecule has 0 saturated carbocycles. The predicted octanol–water partition coefficient (Wildman–Crippen LogP) is 2.42. The summed E-state index contributed by atoms with van der Waals surface area (Å²) in [5.74, 6) is -0.995. The fraction of sp³-hybridized carbons (Fsp3) is 0. The second-order valence-corrected chi connectivity index (χ2v) is 4.30. The number of anilines is 1. The molecular formula is C14H10FN3O2. The highest BCUT2D eigenvalue weighted by Crippen LogP contribution is 2.26. The second kappa shape index (κ2) is 4.34. The van der Waals surface area contributed by atoms with Gasteiger partial charge in [0.15, 0.2) is 0 Å². The molecular weight excluding hydrogens is 261 g/mol. The molecule has 0 aliphatic rings. The molecule has 5 nitrogen and oxygen atoms in total. The van der Waals surface area contributed by atoms with Crippen LogP contribution in [0.15, 0.2) is 42.6 Å². The average Bonchev–Trinajstić information content (AvgIpc) is 2.76. The van der Waals surface area contributed by atoms with Gasteiger partial charge in [0.2, 0.25) is 0 Å². The Labute approximate surface area is 113 Å². The minimum atomic E-state index is -1.03. The van der Waals surface area contributed by atoms with Crippen molar-refractivity contribution in [2.75, 3.05) is 5.73 Å². The molecule has 20 heavy (non-hydrogen) atoms.